The summed E-state index contributed by atoms with van der Waals surface area (Å²) >= 11 is 0. The highest BCUT2D eigenvalue weighted by Gasteiger charge is 2.13. The Kier molecular flexibility index (Phi) is 3.12. The van der Waals surface area contributed by atoms with Crippen molar-refractivity contribution in [1.82, 2.24) is 4.90 Å². The molecule has 3 nitrogen and oxygen atoms in total. The van der Waals surface area contributed by atoms with Crippen LogP contribution in [-0.2, 0) is 0 Å². The topological polar surface area (TPSA) is 49.5 Å². The summed E-state index contributed by atoms with van der Waals surface area (Å²) in [5.41, 5.74) is 5.56. The SMILES string of the molecule is N[C@H](CO)CN1CCCC1. The maximum Gasteiger partial charge on any atom is 0.0595 e. The van der Waals surface area contributed by atoms with Gasteiger partial charge in [-0.25, -0.2) is 0 Å². The summed E-state index contributed by atoms with van der Waals surface area (Å²) in [4.78, 5) is 2.31. The zero-order chi connectivity index (χ0) is 7.40. The van der Waals surface area contributed by atoms with E-state index in [0.29, 0.717) is 0 Å². The van der Waals surface area contributed by atoms with Crippen molar-refractivity contribution >= 4 is 0 Å². The molecule has 0 unspecified atom stereocenters. The van der Waals surface area contributed by atoms with E-state index >= 15 is 0 Å². The fraction of sp³-hybridized carbons (Fsp3) is 1.00. The summed E-state index contributed by atoms with van der Waals surface area (Å²) in [5.74, 6) is 0. The van der Waals surface area contributed by atoms with Crippen LogP contribution in [0.25, 0.3) is 0 Å². The fourth-order valence-corrected chi connectivity index (χ4v) is 1.35. The van der Waals surface area contributed by atoms with Gasteiger partial charge >= 0.3 is 0 Å². The van der Waals surface area contributed by atoms with Gasteiger partial charge in [-0.2, -0.15) is 0 Å². The number of nitrogens with two attached hydrogens (primary N) is 1. The molecule has 1 aliphatic rings. The minimum absolute atomic E-state index is 0.0434. The molecule has 3 N–H and O–H groups in total. The van der Waals surface area contributed by atoms with E-state index in [2.05, 4.69) is 4.90 Å². The van der Waals surface area contributed by atoms with Gasteiger partial charge in [0.05, 0.1) is 6.61 Å². The minimum Gasteiger partial charge on any atom is -0.395 e. The van der Waals surface area contributed by atoms with Crippen molar-refractivity contribution in [1.29, 1.82) is 0 Å². The van der Waals surface area contributed by atoms with Gasteiger partial charge in [0.2, 0.25) is 0 Å². The van der Waals surface area contributed by atoms with Crippen LogP contribution in [0.2, 0.25) is 0 Å². The number of hydrogen-bond acceptors (Lipinski definition) is 3. The van der Waals surface area contributed by atoms with Crippen LogP contribution in [0.3, 0.4) is 0 Å². The van der Waals surface area contributed by atoms with Crippen molar-refractivity contribution < 1.29 is 5.11 Å². The molecule has 1 fully saturated rings. The second-order valence-corrected chi connectivity index (χ2v) is 2.95. The zero-order valence-corrected chi connectivity index (χ0v) is 6.29. The van der Waals surface area contributed by atoms with Gasteiger partial charge in [-0.15, -0.1) is 0 Å². The zero-order valence-electron chi connectivity index (χ0n) is 6.29. The van der Waals surface area contributed by atoms with E-state index in [1.54, 1.807) is 0 Å². The Bertz CT molecular complexity index is 91.6. The van der Waals surface area contributed by atoms with E-state index in [4.69, 9.17) is 10.8 Å². The molecule has 0 saturated carbocycles. The number of nitrogens with zero attached hydrogens (tertiary/aromatic N) is 1. The summed E-state index contributed by atoms with van der Waals surface area (Å²) in [6, 6.07) is -0.0434. The average molecular weight is 144 g/mol. The first kappa shape index (κ1) is 7.98. The second kappa shape index (κ2) is 3.91. The van der Waals surface area contributed by atoms with Crippen molar-refractivity contribution in [3.05, 3.63) is 0 Å². The first-order valence-corrected chi connectivity index (χ1v) is 3.91. The number of hydrogen-bond donors (Lipinski definition) is 2. The molecule has 10 heavy (non-hydrogen) atoms. The molecule has 3 heteroatoms. The maximum absolute atomic E-state index is 8.64. The summed E-state index contributed by atoms with van der Waals surface area (Å²) in [7, 11) is 0. The molecule has 60 valence electrons. The van der Waals surface area contributed by atoms with Crippen LogP contribution in [0.4, 0.5) is 0 Å². The summed E-state index contributed by atoms with van der Waals surface area (Å²) < 4.78 is 0. The Morgan fingerprint density at radius 1 is 1.40 bits per heavy atom. The van der Waals surface area contributed by atoms with Gasteiger partial charge in [-0.3, -0.25) is 0 Å². The van der Waals surface area contributed by atoms with Crippen LogP contribution in [0.5, 0.6) is 0 Å². The molecule has 0 aromatic heterocycles. The molecule has 0 aromatic rings. The summed E-state index contributed by atoms with van der Waals surface area (Å²) in [6.07, 6.45) is 2.58. The van der Waals surface area contributed by atoms with E-state index in [1.165, 1.54) is 12.8 Å². The summed E-state index contributed by atoms with van der Waals surface area (Å²) in [5, 5.41) is 8.64. The van der Waals surface area contributed by atoms with Gasteiger partial charge in [0.25, 0.3) is 0 Å². The smallest absolute Gasteiger partial charge is 0.0595 e. The molecule has 0 bridgehead atoms. The van der Waals surface area contributed by atoms with E-state index in [-0.39, 0.29) is 12.6 Å². The van der Waals surface area contributed by atoms with Gasteiger partial charge in [0, 0.05) is 12.6 Å². The highest BCUT2D eigenvalue weighted by molar-refractivity contribution is 4.71. The molecule has 1 atom stereocenters. The number of rotatable bonds is 3. The first-order chi connectivity index (χ1) is 4.83. The van der Waals surface area contributed by atoms with Crippen LogP contribution in [0.1, 0.15) is 12.8 Å². The van der Waals surface area contributed by atoms with Crippen molar-refractivity contribution in [2.75, 3.05) is 26.2 Å². The molecular formula is C7H16N2O. The highest BCUT2D eigenvalue weighted by atomic mass is 16.3. The minimum atomic E-state index is -0.0434. The monoisotopic (exact) mass is 144 g/mol. The lowest BCUT2D eigenvalue weighted by atomic mass is 10.3. The fourth-order valence-electron chi connectivity index (χ4n) is 1.35. The molecular weight excluding hydrogens is 128 g/mol. The van der Waals surface area contributed by atoms with E-state index in [0.717, 1.165) is 19.6 Å². The molecule has 0 amide bonds. The standard InChI is InChI=1S/C7H16N2O/c8-7(6-10)5-9-3-1-2-4-9/h7,10H,1-6,8H2/t7-/m0/s1. The lowest BCUT2D eigenvalue weighted by Crippen LogP contribution is -2.38. The van der Waals surface area contributed by atoms with E-state index < -0.39 is 0 Å². The van der Waals surface area contributed by atoms with Gasteiger partial charge in [-0.1, -0.05) is 0 Å². The largest absolute Gasteiger partial charge is 0.395 e. The van der Waals surface area contributed by atoms with Gasteiger partial charge in [0.1, 0.15) is 0 Å². The molecule has 0 spiro atoms. The van der Waals surface area contributed by atoms with Gasteiger partial charge < -0.3 is 15.7 Å². The third-order valence-electron chi connectivity index (χ3n) is 1.93. The molecule has 1 rings (SSSR count). The number of aliphatic hydroxyl groups excluding tert-OH is 1. The molecule has 0 aromatic carbocycles. The highest BCUT2D eigenvalue weighted by Crippen LogP contribution is 2.06. The van der Waals surface area contributed by atoms with Crippen LogP contribution >= 0.6 is 0 Å². The normalized spacial score (nSPS) is 23.4. The van der Waals surface area contributed by atoms with Crippen molar-refractivity contribution in [2.45, 2.75) is 18.9 Å². The van der Waals surface area contributed by atoms with Gasteiger partial charge in [0.15, 0.2) is 0 Å². The van der Waals surface area contributed by atoms with Crippen molar-refractivity contribution in [2.24, 2.45) is 5.73 Å². The Labute approximate surface area is 61.8 Å². The number of aliphatic hydroxyl groups is 1. The Morgan fingerprint density at radius 3 is 2.50 bits per heavy atom. The Hall–Kier alpha value is -0.120. The second-order valence-electron chi connectivity index (χ2n) is 2.95. The molecule has 1 aliphatic heterocycles. The van der Waals surface area contributed by atoms with Crippen molar-refractivity contribution in [3.8, 4) is 0 Å². The lowest BCUT2D eigenvalue weighted by molar-refractivity contribution is 0.222. The molecule has 0 radical (unpaired) electrons. The maximum atomic E-state index is 8.64. The predicted octanol–water partition coefficient (Wildman–Crippen LogP) is -0.598. The van der Waals surface area contributed by atoms with E-state index in [9.17, 15) is 0 Å². The van der Waals surface area contributed by atoms with Crippen molar-refractivity contribution in [3.63, 3.8) is 0 Å². The van der Waals surface area contributed by atoms with Crippen LogP contribution in [-0.4, -0.2) is 42.3 Å². The number of likely N-dealkylation sites (tertiary alicyclic amines) is 1. The molecule has 1 saturated heterocycles. The first-order valence-electron chi connectivity index (χ1n) is 3.91. The van der Waals surface area contributed by atoms with Gasteiger partial charge in [-0.05, 0) is 25.9 Å². The average Bonchev–Trinajstić information content (AvgIpc) is 2.40. The molecule has 0 aliphatic carbocycles. The lowest BCUT2D eigenvalue weighted by Gasteiger charge is -2.17. The van der Waals surface area contributed by atoms with Crippen LogP contribution in [0.15, 0.2) is 0 Å². The summed E-state index contributed by atoms with van der Waals surface area (Å²) in [6.45, 7) is 3.29. The predicted molar refractivity (Wildman–Crippen MR) is 40.7 cm³/mol. The third kappa shape index (κ3) is 2.25. The Morgan fingerprint density at radius 2 is 2.00 bits per heavy atom. The van der Waals surface area contributed by atoms with Crippen LogP contribution < -0.4 is 5.73 Å². The third-order valence-corrected chi connectivity index (χ3v) is 1.93. The quantitative estimate of drug-likeness (QED) is 0.556. The Balaban J connectivity index is 2.11. The van der Waals surface area contributed by atoms with E-state index in [1.807, 2.05) is 0 Å². The molecule has 1 heterocycles. The van der Waals surface area contributed by atoms with Crippen LogP contribution in [0, 0.1) is 0 Å².